The first-order valence-corrected chi connectivity index (χ1v) is 12.9. The summed E-state index contributed by atoms with van der Waals surface area (Å²) in [4.78, 5) is 28.2. The summed E-state index contributed by atoms with van der Waals surface area (Å²) in [5.74, 6) is 1.51. The first kappa shape index (κ1) is 28.5. The van der Waals surface area contributed by atoms with Crippen LogP contribution in [0.15, 0.2) is 42.5 Å². The fourth-order valence-corrected chi connectivity index (χ4v) is 3.90. The summed E-state index contributed by atoms with van der Waals surface area (Å²) >= 11 is 6.04. The highest BCUT2D eigenvalue weighted by molar-refractivity contribution is 6.30. The van der Waals surface area contributed by atoms with Gasteiger partial charge in [0.05, 0.1) is 13.2 Å². The Morgan fingerprint density at radius 3 is 2.17 bits per heavy atom. The number of hydrogen-bond donors (Lipinski definition) is 1. The minimum atomic E-state index is -0.545. The summed E-state index contributed by atoms with van der Waals surface area (Å²) in [6, 6.07) is 12.6. The fourth-order valence-electron chi connectivity index (χ4n) is 3.77. The van der Waals surface area contributed by atoms with E-state index in [0.717, 1.165) is 11.1 Å². The fraction of sp³-hybridized carbons (Fsp3) is 0.500. The van der Waals surface area contributed by atoms with Crippen LogP contribution in [0.25, 0.3) is 0 Å². The number of nitrogens with zero attached hydrogens (tertiary/aromatic N) is 1. The molecule has 1 atom stereocenters. The van der Waals surface area contributed by atoms with Gasteiger partial charge in [0.25, 0.3) is 0 Å². The highest BCUT2D eigenvalue weighted by Crippen LogP contribution is 2.29. The highest BCUT2D eigenvalue weighted by Gasteiger charge is 2.28. The SMILES string of the molecule is CCOc1ccc(CCC(=O)N(Cc2ccc(Cl)cc2)C(CC)C(=O)NCC(C)C)cc1OCC. The molecule has 1 unspecified atom stereocenters. The molecule has 0 aliphatic carbocycles. The molecule has 0 heterocycles. The quantitative estimate of drug-likeness (QED) is 0.362. The third kappa shape index (κ3) is 9.10. The van der Waals surface area contributed by atoms with Gasteiger partial charge in [0.2, 0.25) is 11.8 Å². The van der Waals surface area contributed by atoms with Crippen molar-refractivity contribution >= 4 is 23.4 Å². The van der Waals surface area contributed by atoms with Gasteiger partial charge < -0.3 is 19.7 Å². The van der Waals surface area contributed by atoms with Gasteiger partial charge in [0.15, 0.2) is 11.5 Å². The standard InChI is InChI=1S/C28H39ClN2O4/c1-6-24(28(33)30-18-20(4)5)31(19-22-9-13-23(29)14-10-22)27(32)16-12-21-11-15-25(34-7-2)26(17-21)35-8-3/h9-11,13-15,17,20,24H,6-8,12,16,18-19H2,1-5H3,(H,30,33). The Hall–Kier alpha value is -2.73. The molecule has 2 aromatic carbocycles. The molecular formula is C28H39ClN2O4. The Morgan fingerprint density at radius 1 is 0.943 bits per heavy atom. The van der Waals surface area contributed by atoms with Crippen LogP contribution in [-0.2, 0) is 22.6 Å². The average molecular weight is 503 g/mol. The Labute approximate surface area is 214 Å². The molecule has 6 nitrogen and oxygen atoms in total. The Bertz CT molecular complexity index is 946. The number of rotatable bonds is 14. The van der Waals surface area contributed by atoms with E-state index in [4.69, 9.17) is 21.1 Å². The number of nitrogens with one attached hydrogen (secondary N) is 1. The molecule has 0 radical (unpaired) electrons. The zero-order valence-electron chi connectivity index (χ0n) is 21.6. The second-order valence-electron chi connectivity index (χ2n) is 8.86. The van der Waals surface area contributed by atoms with E-state index in [9.17, 15) is 9.59 Å². The van der Waals surface area contributed by atoms with Crippen LogP contribution < -0.4 is 14.8 Å². The number of carbonyl (C=O) groups is 2. The number of ether oxygens (including phenoxy) is 2. The van der Waals surface area contributed by atoms with Crippen LogP contribution in [-0.4, -0.2) is 42.5 Å². The summed E-state index contributed by atoms with van der Waals surface area (Å²) < 4.78 is 11.4. The molecule has 2 amide bonds. The maximum absolute atomic E-state index is 13.5. The predicted octanol–water partition coefficient (Wildman–Crippen LogP) is 5.65. The number of carbonyl (C=O) groups excluding carboxylic acids is 2. The van der Waals surface area contributed by atoms with Gasteiger partial charge in [-0.25, -0.2) is 0 Å². The van der Waals surface area contributed by atoms with Crippen LogP contribution >= 0.6 is 11.6 Å². The highest BCUT2D eigenvalue weighted by atomic mass is 35.5. The predicted molar refractivity (Wildman–Crippen MR) is 141 cm³/mol. The monoisotopic (exact) mass is 502 g/mol. The van der Waals surface area contributed by atoms with Crippen molar-refractivity contribution in [2.24, 2.45) is 5.92 Å². The number of amides is 2. The molecule has 0 saturated heterocycles. The van der Waals surface area contributed by atoms with Crippen LogP contribution in [0.2, 0.25) is 5.02 Å². The normalized spacial score (nSPS) is 11.7. The van der Waals surface area contributed by atoms with E-state index in [2.05, 4.69) is 5.32 Å². The number of aryl methyl sites for hydroxylation is 1. The molecule has 7 heteroatoms. The van der Waals surface area contributed by atoms with Crippen LogP contribution in [0.1, 0.15) is 58.6 Å². The van der Waals surface area contributed by atoms with Crippen molar-refractivity contribution in [1.82, 2.24) is 10.2 Å². The summed E-state index contributed by atoms with van der Waals surface area (Å²) in [5.41, 5.74) is 1.91. The second-order valence-corrected chi connectivity index (χ2v) is 9.29. The molecule has 0 fully saturated rings. The lowest BCUT2D eigenvalue weighted by Crippen LogP contribution is -2.49. The lowest BCUT2D eigenvalue weighted by molar-refractivity contribution is -0.141. The van der Waals surface area contributed by atoms with E-state index < -0.39 is 6.04 Å². The van der Waals surface area contributed by atoms with Crippen molar-refractivity contribution in [3.05, 3.63) is 58.6 Å². The molecule has 2 rings (SSSR count). The molecule has 0 saturated carbocycles. The van der Waals surface area contributed by atoms with Crippen molar-refractivity contribution < 1.29 is 19.1 Å². The van der Waals surface area contributed by atoms with Crippen molar-refractivity contribution in [1.29, 1.82) is 0 Å². The van der Waals surface area contributed by atoms with Gasteiger partial charge in [-0.2, -0.15) is 0 Å². The Morgan fingerprint density at radius 2 is 1.57 bits per heavy atom. The van der Waals surface area contributed by atoms with Crippen molar-refractivity contribution in [3.63, 3.8) is 0 Å². The van der Waals surface area contributed by atoms with E-state index in [1.54, 1.807) is 17.0 Å². The lowest BCUT2D eigenvalue weighted by atomic mass is 10.1. The van der Waals surface area contributed by atoms with Crippen LogP contribution in [0.4, 0.5) is 0 Å². The number of halogens is 1. The molecule has 192 valence electrons. The molecular weight excluding hydrogens is 464 g/mol. The van der Waals surface area contributed by atoms with Gasteiger partial charge in [-0.1, -0.05) is 50.6 Å². The first-order valence-electron chi connectivity index (χ1n) is 12.5. The van der Waals surface area contributed by atoms with Gasteiger partial charge in [-0.3, -0.25) is 9.59 Å². The molecule has 2 aromatic rings. The van der Waals surface area contributed by atoms with Crippen LogP contribution in [0.3, 0.4) is 0 Å². The van der Waals surface area contributed by atoms with E-state index in [1.165, 1.54) is 0 Å². The van der Waals surface area contributed by atoms with Crippen LogP contribution in [0.5, 0.6) is 11.5 Å². The summed E-state index contributed by atoms with van der Waals surface area (Å²) in [6.07, 6.45) is 1.34. The molecule has 0 aromatic heterocycles. The van der Waals surface area contributed by atoms with Crippen molar-refractivity contribution in [2.45, 2.75) is 66.5 Å². The van der Waals surface area contributed by atoms with E-state index in [0.29, 0.717) is 61.6 Å². The smallest absolute Gasteiger partial charge is 0.242 e. The van der Waals surface area contributed by atoms with Gasteiger partial charge in [-0.05, 0) is 68.0 Å². The zero-order chi connectivity index (χ0) is 25.8. The maximum Gasteiger partial charge on any atom is 0.242 e. The van der Waals surface area contributed by atoms with Gasteiger partial charge in [0.1, 0.15) is 6.04 Å². The third-order valence-electron chi connectivity index (χ3n) is 5.57. The topological polar surface area (TPSA) is 67.9 Å². The number of hydrogen-bond acceptors (Lipinski definition) is 4. The summed E-state index contributed by atoms with van der Waals surface area (Å²) in [5, 5.41) is 3.63. The average Bonchev–Trinajstić information content (AvgIpc) is 2.84. The van der Waals surface area contributed by atoms with E-state index in [-0.39, 0.29) is 18.2 Å². The van der Waals surface area contributed by atoms with Gasteiger partial charge in [0, 0.05) is 24.5 Å². The van der Waals surface area contributed by atoms with Gasteiger partial charge in [-0.15, -0.1) is 0 Å². The Kier molecular flexibility index (Phi) is 11.9. The van der Waals surface area contributed by atoms with E-state index in [1.807, 2.05) is 65.0 Å². The molecule has 0 spiro atoms. The minimum Gasteiger partial charge on any atom is -0.490 e. The first-order chi connectivity index (χ1) is 16.8. The molecule has 0 aliphatic rings. The number of benzene rings is 2. The van der Waals surface area contributed by atoms with E-state index >= 15 is 0 Å². The molecule has 35 heavy (non-hydrogen) atoms. The summed E-state index contributed by atoms with van der Waals surface area (Å²) in [6.45, 7) is 11.9. The minimum absolute atomic E-state index is 0.0710. The largest absolute Gasteiger partial charge is 0.490 e. The Balaban J connectivity index is 2.21. The third-order valence-corrected chi connectivity index (χ3v) is 5.82. The van der Waals surface area contributed by atoms with Gasteiger partial charge >= 0.3 is 0 Å². The second kappa shape index (κ2) is 14.6. The molecule has 0 aliphatic heterocycles. The zero-order valence-corrected chi connectivity index (χ0v) is 22.4. The van der Waals surface area contributed by atoms with Crippen molar-refractivity contribution in [3.8, 4) is 11.5 Å². The van der Waals surface area contributed by atoms with Crippen LogP contribution in [0, 0.1) is 5.92 Å². The molecule has 1 N–H and O–H groups in total. The summed E-state index contributed by atoms with van der Waals surface area (Å²) in [7, 11) is 0. The van der Waals surface area contributed by atoms with Crippen molar-refractivity contribution in [2.75, 3.05) is 19.8 Å². The lowest BCUT2D eigenvalue weighted by Gasteiger charge is -2.31. The maximum atomic E-state index is 13.5. The molecule has 0 bridgehead atoms.